The maximum Gasteiger partial charge on any atom is 0.0553 e. The topological polar surface area (TPSA) is 17.8 Å². The average Bonchev–Trinajstić information content (AvgIpc) is 3.45. The fourth-order valence-electron chi connectivity index (χ4n) is 7.10. The van der Waals surface area contributed by atoms with Crippen LogP contribution >= 0.6 is 0 Å². The summed E-state index contributed by atoms with van der Waals surface area (Å²) in [5.74, 6) is 0. The molecule has 0 aliphatic rings. The first-order chi connectivity index (χ1) is 22.7. The Bertz CT molecular complexity index is 2550. The molecule has 2 aromatic heterocycles. The van der Waals surface area contributed by atoms with E-state index in [0.717, 1.165) is 16.9 Å². The number of benzene rings is 7. The van der Waals surface area contributed by atoms with Crippen molar-refractivity contribution >= 4 is 43.4 Å². The van der Waals surface area contributed by atoms with E-state index in [1.165, 1.54) is 71.2 Å². The van der Waals surface area contributed by atoms with Crippen LogP contribution in [0.5, 0.6) is 0 Å². The number of para-hydroxylation sites is 1. The van der Waals surface area contributed by atoms with Crippen LogP contribution in [-0.4, -0.2) is 9.55 Å². The molecule has 0 radical (unpaired) electrons. The second-order valence-electron chi connectivity index (χ2n) is 12.1. The molecule has 0 N–H and O–H groups in total. The molecule has 2 heteroatoms. The summed E-state index contributed by atoms with van der Waals surface area (Å²) in [5, 5.41) is 7.58. The van der Waals surface area contributed by atoms with Gasteiger partial charge in [-0.1, -0.05) is 127 Å². The first-order valence-electron chi connectivity index (χ1n) is 15.8. The van der Waals surface area contributed by atoms with E-state index >= 15 is 0 Å². The predicted octanol–water partition coefficient (Wildman–Crippen LogP) is 11.8. The number of hydrogen-bond acceptors (Lipinski definition) is 1. The van der Waals surface area contributed by atoms with Gasteiger partial charge in [0.15, 0.2) is 0 Å². The van der Waals surface area contributed by atoms with Gasteiger partial charge in [0.25, 0.3) is 0 Å². The molecule has 2 heterocycles. The van der Waals surface area contributed by atoms with Crippen molar-refractivity contribution < 1.29 is 0 Å². The van der Waals surface area contributed by atoms with Gasteiger partial charge in [-0.25, -0.2) is 0 Å². The predicted molar refractivity (Wildman–Crippen MR) is 195 cm³/mol. The van der Waals surface area contributed by atoms with Crippen LogP contribution < -0.4 is 0 Å². The molecule has 0 saturated heterocycles. The van der Waals surface area contributed by atoms with Crippen LogP contribution in [0, 0.1) is 6.92 Å². The second-order valence-corrected chi connectivity index (χ2v) is 12.1. The number of aryl methyl sites for hydroxylation is 1. The zero-order chi connectivity index (χ0) is 30.6. The highest BCUT2D eigenvalue weighted by molar-refractivity contribution is 6.24. The second kappa shape index (κ2) is 10.6. The highest BCUT2D eigenvalue weighted by Gasteiger charge is 2.19. The molecule has 0 atom stereocenters. The fraction of sp³-hybridized carbons (Fsp3) is 0.0227. The molecule has 216 valence electrons. The molecule has 0 unspecified atom stereocenters. The Balaban J connectivity index is 1.32. The van der Waals surface area contributed by atoms with Crippen LogP contribution in [0.3, 0.4) is 0 Å². The Kier molecular flexibility index (Phi) is 6.07. The smallest absolute Gasteiger partial charge is 0.0553 e. The van der Waals surface area contributed by atoms with Gasteiger partial charge < -0.3 is 4.57 Å². The van der Waals surface area contributed by atoms with Crippen molar-refractivity contribution in [2.45, 2.75) is 6.92 Å². The van der Waals surface area contributed by atoms with Crippen molar-refractivity contribution in [3.63, 3.8) is 0 Å². The van der Waals surface area contributed by atoms with Gasteiger partial charge in [0, 0.05) is 33.9 Å². The van der Waals surface area contributed by atoms with Crippen molar-refractivity contribution in [2.24, 2.45) is 0 Å². The lowest BCUT2D eigenvalue weighted by Gasteiger charge is -2.13. The number of pyridine rings is 1. The Morgan fingerprint density at radius 3 is 1.91 bits per heavy atom. The van der Waals surface area contributed by atoms with Crippen molar-refractivity contribution in [1.82, 2.24) is 9.55 Å². The summed E-state index contributed by atoms with van der Waals surface area (Å²) in [6.45, 7) is 2.02. The summed E-state index contributed by atoms with van der Waals surface area (Å²) < 4.78 is 2.45. The number of rotatable bonds is 4. The van der Waals surface area contributed by atoms with E-state index < -0.39 is 0 Å². The third kappa shape index (κ3) is 4.22. The molecule has 7 aromatic carbocycles. The zero-order valence-electron chi connectivity index (χ0n) is 25.5. The Morgan fingerprint density at radius 1 is 0.435 bits per heavy atom. The van der Waals surface area contributed by atoms with E-state index in [0.29, 0.717) is 0 Å². The lowest BCUT2D eigenvalue weighted by Crippen LogP contribution is -1.94. The van der Waals surface area contributed by atoms with Gasteiger partial charge in [0.2, 0.25) is 0 Å². The maximum atomic E-state index is 4.51. The van der Waals surface area contributed by atoms with Crippen LogP contribution in [0.25, 0.3) is 82.4 Å². The van der Waals surface area contributed by atoms with Crippen molar-refractivity contribution in [1.29, 1.82) is 0 Å². The Hall–Kier alpha value is -5.99. The van der Waals surface area contributed by atoms with Gasteiger partial charge in [0.1, 0.15) is 0 Å². The van der Waals surface area contributed by atoms with Gasteiger partial charge in [-0.15, -0.1) is 0 Å². The lowest BCUT2D eigenvalue weighted by atomic mass is 9.93. The number of aromatic nitrogens is 2. The van der Waals surface area contributed by atoms with Crippen LogP contribution in [0.2, 0.25) is 0 Å². The van der Waals surface area contributed by atoms with E-state index in [-0.39, 0.29) is 0 Å². The van der Waals surface area contributed by atoms with Gasteiger partial charge in [0.05, 0.1) is 11.0 Å². The first-order valence-corrected chi connectivity index (χ1v) is 15.8. The lowest BCUT2D eigenvalue weighted by molar-refractivity contribution is 1.18. The van der Waals surface area contributed by atoms with Gasteiger partial charge in [-0.2, -0.15) is 0 Å². The van der Waals surface area contributed by atoms with E-state index in [2.05, 4.69) is 167 Å². The molecule has 0 aliphatic heterocycles. The quantitative estimate of drug-likeness (QED) is 0.201. The largest absolute Gasteiger partial charge is 0.309 e. The molecule has 0 fully saturated rings. The molecular weight excluding hydrogens is 556 g/mol. The molecule has 9 rings (SSSR count). The number of hydrogen-bond donors (Lipinski definition) is 0. The SMILES string of the molecule is Cc1ccc(-c2ccc(-c3cc4c(c5ccccc35)c3ccc(-c5cccc6ccccc56)cc3n4-c3ccccc3)cc2)cn1. The molecule has 2 nitrogen and oxygen atoms in total. The molecule has 0 aliphatic carbocycles. The average molecular weight is 587 g/mol. The first kappa shape index (κ1) is 26.4. The zero-order valence-corrected chi connectivity index (χ0v) is 25.5. The highest BCUT2D eigenvalue weighted by Crippen LogP contribution is 2.43. The highest BCUT2D eigenvalue weighted by atomic mass is 15.0. The van der Waals surface area contributed by atoms with Crippen LogP contribution in [0.4, 0.5) is 0 Å². The minimum atomic E-state index is 1.03. The molecule has 0 amide bonds. The summed E-state index contributed by atoms with van der Waals surface area (Å²) in [7, 11) is 0. The molecule has 0 bridgehead atoms. The fourth-order valence-corrected chi connectivity index (χ4v) is 7.10. The van der Waals surface area contributed by atoms with E-state index in [9.17, 15) is 0 Å². The standard InChI is InChI=1S/C44H30N2/c1-29-18-19-34(28-45-29)30-20-22-32(23-21-30)41-27-43-44(39-16-8-7-15-38(39)41)40-25-24-33(26-42(40)46(43)35-12-3-2-4-13-35)37-17-9-11-31-10-5-6-14-36(31)37/h2-28H,1H3. The van der Waals surface area contributed by atoms with Crippen LogP contribution in [0.15, 0.2) is 164 Å². The minimum Gasteiger partial charge on any atom is -0.309 e. The number of fused-ring (bicyclic) bond motifs is 6. The third-order valence-electron chi connectivity index (χ3n) is 9.33. The summed E-state index contributed by atoms with van der Waals surface area (Å²) >= 11 is 0. The Morgan fingerprint density at radius 2 is 1.11 bits per heavy atom. The van der Waals surface area contributed by atoms with E-state index in [1.54, 1.807) is 0 Å². The molecular formula is C44H30N2. The normalized spacial score (nSPS) is 11.6. The summed E-state index contributed by atoms with van der Waals surface area (Å²) in [6.07, 6.45) is 1.95. The molecule has 46 heavy (non-hydrogen) atoms. The van der Waals surface area contributed by atoms with Gasteiger partial charge >= 0.3 is 0 Å². The van der Waals surface area contributed by atoms with E-state index in [1.807, 2.05) is 13.1 Å². The minimum absolute atomic E-state index is 1.03. The number of nitrogens with zero attached hydrogens (tertiary/aromatic N) is 2. The van der Waals surface area contributed by atoms with Crippen LogP contribution in [0.1, 0.15) is 5.69 Å². The maximum absolute atomic E-state index is 4.51. The molecule has 9 aromatic rings. The van der Waals surface area contributed by atoms with Crippen LogP contribution in [-0.2, 0) is 0 Å². The monoisotopic (exact) mass is 586 g/mol. The summed E-state index contributed by atoms with van der Waals surface area (Å²) in [4.78, 5) is 4.51. The Labute approximate surface area is 267 Å². The summed E-state index contributed by atoms with van der Waals surface area (Å²) in [5.41, 5.74) is 11.8. The van der Waals surface area contributed by atoms with E-state index in [4.69, 9.17) is 0 Å². The molecule has 0 saturated carbocycles. The van der Waals surface area contributed by atoms with Crippen molar-refractivity contribution in [3.05, 3.63) is 170 Å². The van der Waals surface area contributed by atoms with Gasteiger partial charge in [-0.05, 0) is 86.6 Å². The van der Waals surface area contributed by atoms with Crippen molar-refractivity contribution in [3.8, 4) is 39.1 Å². The van der Waals surface area contributed by atoms with Gasteiger partial charge in [-0.3, -0.25) is 4.98 Å². The molecule has 0 spiro atoms. The van der Waals surface area contributed by atoms with Crippen molar-refractivity contribution in [2.75, 3.05) is 0 Å². The third-order valence-corrected chi connectivity index (χ3v) is 9.33. The summed E-state index contributed by atoms with van der Waals surface area (Å²) in [6, 6.07) is 57.4.